The Morgan fingerprint density at radius 3 is 2.48 bits per heavy atom. The third-order valence-corrected chi connectivity index (χ3v) is 5.06. The molecule has 2 aromatic rings. The molecular formula is C19H25N3O2S. The minimum absolute atomic E-state index is 0.0690. The monoisotopic (exact) mass is 359 g/mol. The first-order valence-electron chi connectivity index (χ1n) is 8.32. The molecule has 0 spiro atoms. The lowest BCUT2D eigenvalue weighted by molar-refractivity contribution is -0.122. The number of nitrogens with one attached hydrogen (secondary N) is 2. The number of hydrogen-bond acceptors (Lipinski definition) is 4. The number of nitrogens with zero attached hydrogens (tertiary/aromatic N) is 1. The van der Waals surface area contributed by atoms with Gasteiger partial charge in [-0.05, 0) is 30.5 Å². The van der Waals surface area contributed by atoms with E-state index in [0.29, 0.717) is 6.54 Å². The Kier molecular flexibility index (Phi) is 7.01. The van der Waals surface area contributed by atoms with Crippen LogP contribution in [0.25, 0.3) is 0 Å². The Bertz CT molecular complexity index is 673. The lowest BCUT2D eigenvalue weighted by Crippen LogP contribution is -2.41. The minimum atomic E-state index is -0.278. The maximum atomic E-state index is 12.3. The zero-order valence-electron chi connectivity index (χ0n) is 14.9. The van der Waals surface area contributed by atoms with Crippen LogP contribution in [0.5, 0.6) is 0 Å². The van der Waals surface area contributed by atoms with Gasteiger partial charge in [-0.1, -0.05) is 24.3 Å². The highest BCUT2D eigenvalue weighted by molar-refractivity contribution is 7.10. The highest BCUT2D eigenvalue weighted by atomic mass is 32.1. The van der Waals surface area contributed by atoms with Crippen molar-refractivity contribution in [3.63, 3.8) is 0 Å². The highest BCUT2D eigenvalue weighted by Crippen LogP contribution is 2.22. The third-order valence-electron chi connectivity index (χ3n) is 4.07. The average Bonchev–Trinajstić information content (AvgIpc) is 3.13. The van der Waals surface area contributed by atoms with Gasteiger partial charge in [0.15, 0.2) is 0 Å². The molecule has 25 heavy (non-hydrogen) atoms. The molecule has 0 unspecified atom stereocenters. The summed E-state index contributed by atoms with van der Waals surface area (Å²) < 4.78 is 0. The van der Waals surface area contributed by atoms with E-state index >= 15 is 0 Å². The van der Waals surface area contributed by atoms with Gasteiger partial charge in [-0.25, -0.2) is 0 Å². The van der Waals surface area contributed by atoms with Crippen molar-refractivity contribution in [2.24, 2.45) is 0 Å². The summed E-state index contributed by atoms with van der Waals surface area (Å²) in [5.41, 5.74) is 1.11. The first-order chi connectivity index (χ1) is 12.0. The predicted molar refractivity (Wildman–Crippen MR) is 103 cm³/mol. The minimum Gasteiger partial charge on any atom is -0.370 e. The van der Waals surface area contributed by atoms with Crippen LogP contribution in [-0.2, 0) is 9.59 Å². The van der Waals surface area contributed by atoms with Gasteiger partial charge in [-0.15, -0.1) is 11.3 Å². The quantitative estimate of drug-likeness (QED) is 0.762. The van der Waals surface area contributed by atoms with Crippen molar-refractivity contribution >= 4 is 28.8 Å². The number of likely N-dealkylation sites (N-methyl/N-ethyl adjacent to an activating group) is 1. The van der Waals surface area contributed by atoms with Crippen LogP contribution in [-0.4, -0.2) is 31.4 Å². The Labute approximate surface area is 153 Å². The summed E-state index contributed by atoms with van der Waals surface area (Å²) in [5.74, 6) is -0.205. The second-order valence-electron chi connectivity index (χ2n) is 6.07. The third kappa shape index (κ3) is 5.90. The molecule has 0 aliphatic carbocycles. The molecule has 2 atom stereocenters. The molecular weight excluding hydrogens is 334 g/mol. The molecule has 6 heteroatoms. The second-order valence-corrected chi connectivity index (χ2v) is 7.05. The summed E-state index contributed by atoms with van der Waals surface area (Å²) in [4.78, 5) is 26.8. The highest BCUT2D eigenvalue weighted by Gasteiger charge is 2.19. The van der Waals surface area contributed by atoms with E-state index in [1.807, 2.05) is 54.9 Å². The van der Waals surface area contributed by atoms with Crippen LogP contribution in [0.4, 0.5) is 5.69 Å². The van der Waals surface area contributed by atoms with Gasteiger partial charge in [0, 0.05) is 37.1 Å². The maximum Gasteiger partial charge on any atom is 0.222 e. The van der Waals surface area contributed by atoms with Gasteiger partial charge < -0.3 is 15.5 Å². The molecule has 0 aliphatic rings. The van der Waals surface area contributed by atoms with E-state index in [0.717, 1.165) is 10.6 Å². The summed E-state index contributed by atoms with van der Waals surface area (Å²) in [6, 6.07) is 13.8. The van der Waals surface area contributed by atoms with E-state index in [-0.39, 0.29) is 30.3 Å². The molecule has 0 fully saturated rings. The number of carbonyl (C=O) groups excluding carboxylic acids is 2. The Morgan fingerprint density at radius 2 is 1.88 bits per heavy atom. The smallest absolute Gasteiger partial charge is 0.222 e. The van der Waals surface area contributed by atoms with Crippen molar-refractivity contribution in [3.8, 4) is 0 Å². The van der Waals surface area contributed by atoms with Gasteiger partial charge in [0.05, 0.1) is 12.5 Å². The number of hydrogen-bond donors (Lipinski definition) is 2. The van der Waals surface area contributed by atoms with Crippen LogP contribution in [0.1, 0.15) is 31.2 Å². The molecule has 2 N–H and O–H groups in total. The van der Waals surface area contributed by atoms with Crippen molar-refractivity contribution in [3.05, 3.63) is 52.7 Å². The lowest BCUT2D eigenvalue weighted by atomic mass is 10.1. The van der Waals surface area contributed by atoms with E-state index in [1.54, 1.807) is 0 Å². The maximum absolute atomic E-state index is 12.3. The number of para-hydroxylation sites is 1. The molecule has 2 amide bonds. The Morgan fingerprint density at radius 1 is 1.16 bits per heavy atom. The largest absolute Gasteiger partial charge is 0.370 e. The molecule has 1 aromatic heterocycles. The molecule has 134 valence electrons. The van der Waals surface area contributed by atoms with Crippen molar-refractivity contribution in [2.45, 2.75) is 32.4 Å². The lowest BCUT2D eigenvalue weighted by Gasteiger charge is -2.27. The number of anilines is 1. The summed E-state index contributed by atoms with van der Waals surface area (Å²) in [7, 11) is 2.01. The van der Waals surface area contributed by atoms with Gasteiger partial charge in [0.25, 0.3) is 0 Å². The fourth-order valence-corrected chi connectivity index (χ4v) is 3.31. The Balaban J connectivity index is 1.87. The van der Waals surface area contributed by atoms with E-state index in [4.69, 9.17) is 0 Å². The fraction of sp³-hybridized carbons (Fsp3) is 0.368. The molecule has 2 rings (SSSR count). The first kappa shape index (κ1) is 19.0. The van der Waals surface area contributed by atoms with Crippen LogP contribution >= 0.6 is 11.3 Å². The van der Waals surface area contributed by atoms with E-state index in [2.05, 4.69) is 22.5 Å². The molecule has 0 saturated carbocycles. The summed E-state index contributed by atoms with van der Waals surface area (Å²) in [5, 5.41) is 7.76. The number of amides is 2. The molecule has 0 aliphatic heterocycles. The molecule has 1 heterocycles. The standard InChI is InChI=1S/C19H25N3O2S/c1-14(22(3)16-8-5-4-6-9-16)13-20-19(24)12-17(21-15(2)23)18-10-7-11-25-18/h4-11,14,17H,12-13H2,1-3H3,(H,20,24)(H,21,23)/t14-,17+/m1/s1. The van der Waals surface area contributed by atoms with Crippen LogP contribution in [0, 0.1) is 0 Å². The van der Waals surface area contributed by atoms with Gasteiger partial charge >= 0.3 is 0 Å². The predicted octanol–water partition coefficient (Wildman–Crippen LogP) is 2.96. The average molecular weight is 359 g/mol. The molecule has 5 nitrogen and oxygen atoms in total. The topological polar surface area (TPSA) is 61.4 Å². The number of benzene rings is 1. The zero-order valence-corrected chi connectivity index (χ0v) is 15.7. The summed E-state index contributed by atoms with van der Waals surface area (Å²) in [6.07, 6.45) is 0.238. The molecule has 0 bridgehead atoms. The van der Waals surface area contributed by atoms with Crippen molar-refractivity contribution in [1.82, 2.24) is 10.6 Å². The number of carbonyl (C=O) groups is 2. The summed E-state index contributed by atoms with van der Waals surface area (Å²) in [6.45, 7) is 4.08. The Hall–Kier alpha value is -2.34. The zero-order chi connectivity index (χ0) is 18.2. The van der Waals surface area contributed by atoms with Gasteiger partial charge in [-0.2, -0.15) is 0 Å². The second kappa shape index (κ2) is 9.22. The van der Waals surface area contributed by atoms with Crippen molar-refractivity contribution in [2.75, 3.05) is 18.5 Å². The molecule has 0 radical (unpaired) electrons. The number of thiophene rings is 1. The number of rotatable bonds is 8. The van der Waals surface area contributed by atoms with Crippen molar-refractivity contribution in [1.29, 1.82) is 0 Å². The normalized spacial score (nSPS) is 12.9. The van der Waals surface area contributed by atoms with E-state index in [1.165, 1.54) is 18.3 Å². The molecule has 0 saturated heterocycles. The van der Waals surface area contributed by atoms with E-state index in [9.17, 15) is 9.59 Å². The van der Waals surface area contributed by atoms with Crippen LogP contribution in [0.2, 0.25) is 0 Å². The van der Waals surface area contributed by atoms with Gasteiger partial charge in [0.2, 0.25) is 11.8 Å². The van der Waals surface area contributed by atoms with Crippen LogP contribution in [0.3, 0.4) is 0 Å². The van der Waals surface area contributed by atoms with Gasteiger partial charge in [-0.3, -0.25) is 9.59 Å². The SMILES string of the molecule is CC(=O)N[C@@H](CC(=O)NC[C@@H](C)N(C)c1ccccc1)c1cccs1. The fourth-order valence-electron chi connectivity index (χ4n) is 2.53. The summed E-state index contributed by atoms with van der Waals surface area (Å²) >= 11 is 1.54. The van der Waals surface area contributed by atoms with Gasteiger partial charge in [0.1, 0.15) is 0 Å². The first-order valence-corrected chi connectivity index (χ1v) is 9.20. The van der Waals surface area contributed by atoms with Crippen LogP contribution < -0.4 is 15.5 Å². The van der Waals surface area contributed by atoms with E-state index < -0.39 is 0 Å². The molecule has 1 aromatic carbocycles. The van der Waals surface area contributed by atoms with Crippen LogP contribution in [0.15, 0.2) is 47.8 Å². The van der Waals surface area contributed by atoms with Crippen molar-refractivity contribution < 1.29 is 9.59 Å².